The molecular weight excluding hydrogens is 316 g/mol. The number of nitrogens with one attached hydrogen (secondary N) is 1. The van der Waals surface area contributed by atoms with E-state index in [2.05, 4.69) is 25.2 Å². The second-order valence-electron chi connectivity index (χ2n) is 5.70. The molecule has 1 saturated heterocycles. The van der Waals surface area contributed by atoms with Gasteiger partial charge in [0.1, 0.15) is 5.82 Å². The third-order valence-electron chi connectivity index (χ3n) is 4.29. The van der Waals surface area contributed by atoms with Crippen LogP contribution in [0, 0.1) is 0 Å². The minimum absolute atomic E-state index is 0.154. The Bertz CT molecular complexity index is 815. The Morgan fingerprint density at radius 1 is 1.39 bits per heavy atom. The lowest BCUT2D eigenvalue weighted by molar-refractivity contribution is 0.181. The molecule has 0 unspecified atom stereocenters. The zero-order valence-corrected chi connectivity index (χ0v) is 13.4. The van der Waals surface area contributed by atoms with Crippen molar-refractivity contribution in [2.75, 3.05) is 13.2 Å². The van der Waals surface area contributed by atoms with Crippen molar-refractivity contribution in [3.05, 3.63) is 41.4 Å². The number of imidazole rings is 1. The van der Waals surface area contributed by atoms with Crippen LogP contribution in [0.15, 0.2) is 30.6 Å². The number of halogens is 1. The Morgan fingerprint density at radius 3 is 3.13 bits per heavy atom. The molecule has 8 heteroatoms. The van der Waals surface area contributed by atoms with Gasteiger partial charge in [0.2, 0.25) is 0 Å². The number of nitrogens with zero attached hydrogens (tertiary/aromatic N) is 5. The molecule has 0 aliphatic carbocycles. The third kappa shape index (κ3) is 2.71. The van der Waals surface area contributed by atoms with E-state index in [1.807, 2.05) is 36.1 Å². The van der Waals surface area contributed by atoms with E-state index in [4.69, 9.17) is 16.3 Å². The molecule has 120 valence electrons. The lowest BCUT2D eigenvalue weighted by Gasteiger charge is -2.18. The second kappa shape index (κ2) is 5.92. The van der Waals surface area contributed by atoms with Crippen molar-refractivity contribution >= 4 is 22.6 Å². The van der Waals surface area contributed by atoms with Gasteiger partial charge in [-0.1, -0.05) is 16.8 Å². The van der Waals surface area contributed by atoms with Gasteiger partial charge in [0, 0.05) is 18.3 Å². The largest absolute Gasteiger partial charge is 0.377 e. The van der Waals surface area contributed by atoms with Crippen molar-refractivity contribution < 1.29 is 4.74 Å². The van der Waals surface area contributed by atoms with Gasteiger partial charge in [0.15, 0.2) is 0 Å². The van der Waals surface area contributed by atoms with Crippen LogP contribution in [0.2, 0.25) is 5.02 Å². The van der Waals surface area contributed by atoms with E-state index in [1.54, 1.807) is 6.20 Å². The summed E-state index contributed by atoms with van der Waals surface area (Å²) in [6, 6.07) is 6.07. The molecule has 3 aromatic rings. The Kier molecular flexibility index (Phi) is 3.76. The highest BCUT2D eigenvalue weighted by Gasteiger charge is 2.30. The number of aryl methyl sites for hydroxylation is 1. The van der Waals surface area contributed by atoms with Gasteiger partial charge in [-0.05, 0) is 18.2 Å². The van der Waals surface area contributed by atoms with Crippen molar-refractivity contribution in [2.45, 2.75) is 18.6 Å². The molecule has 7 nitrogen and oxygen atoms in total. The van der Waals surface area contributed by atoms with Crippen LogP contribution in [0.25, 0.3) is 11.0 Å². The summed E-state index contributed by atoms with van der Waals surface area (Å²) in [5.41, 5.74) is 1.98. The lowest BCUT2D eigenvalue weighted by atomic mass is 10.2. The molecule has 0 spiro atoms. The van der Waals surface area contributed by atoms with Crippen molar-refractivity contribution in [1.29, 1.82) is 0 Å². The first-order chi connectivity index (χ1) is 11.2. The van der Waals surface area contributed by atoms with E-state index in [-0.39, 0.29) is 12.1 Å². The summed E-state index contributed by atoms with van der Waals surface area (Å²) in [7, 11) is 2.00. The summed E-state index contributed by atoms with van der Waals surface area (Å²) < 4.78 is 9.50. The highest BCUT2D eigenvalue weighted by molar-refractivity contribution is 6.31. The molecule has 2 aromatic heterocycles. The van der Waals surface area contributed by atoms with Gasteiger partial charge in [-0.25, -0.2) is 9.67 Å². The molecule has 1 N–H and O–H groups in total. The first kappa shape index (κ1) is 14.6. The molecule has 1 aliphatic rings. The molecule has 23 heavy (non-hydrogen) atoms. The van der Waals surface area contributed by atoms with Gasteiger partial charge >= 0.3 is 0 Å². The van der Waals surface area contributed by atoms with Gasteiger partial charge in [-0.2, -0.15) is 0 Å². The van der Waals surface area contributed by atoms with Crippen LogP contribution in [0.1, 0.15) is 11.9 Å². The number of fused-ring (bicyclic) bond motifs is 1. The van der Waals surface area contributed by atoms with E-state index in [0.29, 0.717) is 19.8 Å². The summed E-state index contributed by atoms with van der Waals surface area (Å²) in [4.78, 5) is 4.67. The number of benzene rings is 1. The van der Waals surface area contributed by atoms with Crippen LogP contribution in [0.3, 0.4) is 0 Å². The molecule has 0 bridgehead atoms. The number of hydrogen-bond donors (Lipinski definition) is 1. The van der Waals surface area contributed by atoms with Crippen LogP contribution in [-0.4, -0.2) is 43.8 Å². The predicted octanol–water partition coefficient (Wildman–Crippen LogP) is 1.55. The number of ether oxygens (including phenoxy) is 1. The normalized spacial score (nSPS) is 21.3. The van der Waals surface area contributed by atoms with Gasteiger partial charge < -0.3 is 14.6 Å². The van der Waals surface area contributed by atoms with Crippen molar-refractivity contribution in [2.24, 2.45) is 7.05 Å². The highest BCUT2D eigenvalue weighted by atomic mass is 35.5. The molecule has 1 aliphatic heterocycles. The van der Waals surface area contributed by atoms with E-state index < -0.39 is 0 Å². The Morgan fingerprint density at radius 2 is 2.30 bits per heavy atom. The predicted molar refractivity (Wildman–Crippen MR) is 86.2 cm³/mol. The average Bonchev–Trinajstić information content (AvgIpc) is 3.26. The summed E-state index contributed by atoms with van der Waals surface area (Å²) in [5, 5.41) is 12.2. The van der Waals surface area contributed by atoms with Crippen molar-refractivity contribution in [3.8, 4) is 0 Å². The number of rotatable bonds is 4. The van der Waals surface area contributed by atoms with E-state index in [1.165, 1.54) is 0 Å². The van der Waals surface area contributed by atoms with Crippen molar-refractivity contribution in [3.63, 3.8) is 0 Å². The maximum Gasteiger partial charge on any atom is 0.123 e. The van der Waals surface area contributed by atoms with Gasteiger partial charge in [0.25, 0.3) is 0 Å². The maximum atomic E-state index is 6.07. The van der Waals surface area contributed by atoms with E-state index in [0.717, 1.165) is 21.9 Å². The summed E-state index contributed by atoms with van der Waals surface area (Å²) in [6.45, 7) is 1.95. The Hall–Kier alpha value is -1.96. The smallest absolute Gasteiger partial charge is 0.123 e. The summed E-state index contributed by atoms with van der Waals surface area (Å²) >= 11 is 6.07. The highest BCUT2D eigenvalue weighted by Crippen LogP contribution is 2.21. The third-order valence-corrected chi connectivity index (χ3v) is 4.52. The topological polar surface area (TPSA) is 69.8 Å². The fourth-order valence-electron chi connectivity index (χ4n) is 2.99. The molecule has 0 saturated carbocycles. The van der Waals surface area contributed by atoms with Crippen LogP contribution in [0.4, 0.5) is 0 Å². The zero-order valence-electron chi connectivity index (χ0n) is 12.7. The standard InChI is InChI=1S/C15H17ClN6O/c1-21-13-6-10(16)2-3-11(13)19-15(21)7-17-12-8-23-9-14(12)22-5-4-18-20-22/h2-6,12,14,17H,7-9H2,1H3/t12-,14+/m0/s1. The molecule has 0 radical (unpaired) electrons. The second-order valence-corrected chi connectivity index (χ2v) is 6.13. The minimum Gasteiger partial charge on any atom is -0.377 e. The fraction of sp³-hybridized carbons (Fsp3) is 0.400. The SMILES string of the molecule is Cn1c(CN[C@H]2COC[C@H]2n2ccnn2)nc2ccc(Cl)cc21. The Balaban J connectivity index is 1.51. The monoisotopic (exact) mass is 332 g/mol. The van der Waals surface area contributed by atoms with Crippen LogP contribution in [0.5, 0.6) is 0 Å². The minimum atomic E-state index is 0.154. The number of hydrogen-bond acceptors (Lipinski definition) is 5. The molecule has 3 heterocycles. The molecule has 0 amide bonds. The van der Waals surface area contributed by atoms with Crippen LogP contribution >= 0.6 is 11.6 Å². The van der Waals surface area contributed by atoms with Gasteiger partial charge in [-0.15, -0.1) is 5.10 Å². The van der Waals surface area contributed by atoms with Gasteiger partial charge in [-0.3, -0.25) is 0 Å². The molecule has 1 fully saturated rings. The number of aromatic nitrogens is 5. The molecular formula is C15H17ClN6O. The Labute approximate surface area is 138 Å². The van der Waals surface area contributed by atoms with E-state index >= 15 is 0 Å². The molecule has 4 rings (SSSR count). The van der Waals surface area contributed by atoms with Crippen LogP contribution in [-0.2, 0) is 18.3 Å². The summed E-state index contributed by atoms with van der Waals surface area (Å²) in [5.74, 6) is 0.964. The zero-order chi connectivity index (χ0) is 15.8. The molecule has 1 aromatic carbocycles. The van der Waals surface area contributed by atoms with Gasteiger partial charge in [0.05, 0.1) is 49.1 Å². The van der Waals surface area contributed by atoms with Crippen molar-refractivity contribution in [1.82, 2.24) is 29.9 Å². The average molecular weight is 333 g/mol. The van der Waals surface area contributed by atoms with Crippen LogP contribution < -0.4 is 5.32 Å². The quantitative estimate of drug-likeness (QED) is 0.785. The first-order valence-electron chi connectivity index (χ1n) is 7.50. The maximum absolute atomic E-state index is 6.07. The fourth-order valence-corrected chi connectivity index (χ4v) is 3.15. The summed E-state index contributed by atoms with van der Waals surface area (Å²) in [6.07, 6.45) is 3.55. The lowest BCUT2D eigenvalue weighted by Crippen LogP contribution is -2.37. The first-order valence-corrected chi connectivity index (χ1v) is 7.88. The molecule has 2 atom stereocenters. The van der Waals surface area contributed by atoms with E-state index in [9.17, 15) is 0 Å².